The average molecular weight is 182 g/mol. The molecule has 0 aliphatic carbocycles. The van der Waals surface area contributed by atoms with Crippen LogP contribution in [0.1, 0.15) is 23.6 Å². The van der Waals surface area contributed by atoms with Gasteiger partial charge in [-0.25, -0.2) is 0 Å². The molecular formula is C10H12ClN. The molecular weight excluding hydrogens is 170 g/mol. The summed E-state index contributed by atoms with van der Waals surface area (Å²) in [5.41, 5.74) is 2.57. The van der Waals surface area contributed by atoms with Gasteiger partial charge in [-0.15, -0.1) is 0 Å². The summed E-state index contributed by atoms with van der Waals surface area (Å²) in [6.07, 6.45) is 1.21. The van der Waals surface area contributed by atoms with Gasteiger partial charge in [0.25, 0.3) is 0 Å². The third-order valence-electron chi connectivity index (χ3n) is 2.44. The predicted molar refractivity (Wildman–Crippen MR) is 51.5 cm³/mol. The Kier molecular flexibility index (Phi) is 2.07. The summed E-state index contributed by atoms with van der Waals surface area (Å²) in [6.45, 7) is 3.23. The van der Waals surface area contributed by atoms with Gasteiger partial charge in [0.15, 0.2) is 0 Å². The Morgan fingerprint density at radius 1 is 1.50 bits per heavy atom. The van der Waals surface area contributed by atoms with Gasteiger partial charge in [-0.1, -0.05) is 23.7 Å². The number of halogens is 1. The molecule has 1 unspecified atom stereocenters. The maximum Gasteiger partial charge on any atom is 0.0456 e. The van der Waals surface area contributed by atoms with Crippen molar-refractivity contribution in [3.8, 4) is 0 Å². The molecule has 1 saturated heterocycles. The van der Waals surface area contributed by atoms with Crippen molar-refractivity contribution in [3.63, 3.8) is 0 Å². The molecule has 2 rings (SSSR count). The van der Waals surface area contributed by atoms with Gasteiger partial charge in [0.2, 0.25) is 0 Å². The largest absolute Gasteiger partial charge is 0.310 e. The third kappa shape index (κ3) is 1.23. The lowest BCUT2D eigenvalue weighted by Gasteiger charge is -2.30. The molecule has 1 fully saturated rings. The molecule has 1 atom stereocenters. The molecule has 64 valence electrons. The molecule has 1 N–H and O–H groups in total. The van der Waals surface area contributed by atoms with Crippen molar-refractivity contribution in [2.45, 2.75) is 19.4 Å². The summed E-state index contributed by atoms with van der Waals surface area (Å²) < 4.78 is 0. The SMILES string of the molecule is Cc1cccc(Cl)c1C1CCN1. The van der Waals surface area contributed by atoms with Crippen molar-refractivity contribution in [1.29, 1.82) is 0 Å². The van der Waals surface area contributed by atoms with E-state index in [1.807, 2.05) is 12.1 Å². The summed E-state index contributed by atoms with van der Waals surface area (Å²) in [7, 11) is 0. The highest BCUT2D eigenvalue weighted by Gasteiger charge is 2.21. The number of hydrogen-bond donors (Lipinski definition) is 1. The maximum atomic E-state index is 6.10. The summed E-state index contributed by atoms with van der Waals surface area (Å²) in [6, 6.07) is 6.57. The van der Waals surface area contributed by atoms with Gasteiger partial charge in [-0.05, 0) is 37.1 Å². The van der Waals surface area contributed by atoms with E-state index in [2.05, 4.69) is 18.3 Å². The second-order valence-corrected chi connectivity index (χ2v) is 3.67. The standard InChI is InChI=1S/C10H12ClN/c1-7-3-2-4-8(11)10(7)9-5-6-12-9/h2-4,9,12H,5-6H2,1H3. The van der Waals surface area contributed by atoms with Crippen molar-refractivity contribution >= 4 is 11.6 Å². The first-order valence-electron chi connectivity index (χ1n) is 4.27. The summed E-state index contributed by atoms with van der Waals surface area (Å²) >= 11 is 6.10. The molecule has 1 aliphatic rings. The minimum atomic E-state index is 0.499. The third-order valence-corrected chi connectivity index (χ3v) is 2.77. The van der Waals surface area contributed by atoms with Gasteiger partial charge in [-0.3, -0.25) is 0 Å². The Labute approximate surface area is 77.7 Å². The minimum Gasteiger partial charge on any atom is -0.310 e. The Hall–Kier alpha value is -0.530. The smallest absolute Gasteiger partial charge is 0.0456 e. The molecule has 2 heteroatoms. The topological polar surface area (TPSA) is 12.0 Å². The van der Waals surface area contributed by atoms with Gasteiger partial charge in [-0.2, -0.15) is 0 Å². The van der Waals surface area contributed by atoms with Crippen LogP contribution in [0, 0.1) is 6.92 Å². The minimum absolute atomic E-state index is 0.499. The second-order valence-electron chi connectivity index (χ2n) is 3.27. The van der Waals surface area contributed by atoms with E-state index in [1.54, 1.807) is 0 Å². The normalized spacial score (nSPS) is 22.0. The zero-order chi connectivity index (χ0) is 8.55. The number of rotatable bonds is 1. The average Bonchev–Trinajstić information content (AvgIpc) is 1.93. The van der Waals surface area contributed by atoms with Crippen LogP contribution in [0.4, 0.5) is 0 Å². The predicted octanol–water partition coefficient (Wildman–Crippen LogP) is 2.68. The van der Waals surface area contributed by atoms with Gasteiger partial charge >= 0.3 is 0 Å². The molecule has 12 heavy (non-hydrogen) atoms. The van der Waals surface area contributed by atoms with Crippen molar-refractivity contribution in [2.24, 2.45) is 0 Å². The fourth-order valence-electron chi connectivity index (χ4n) is 1.62. The van der Waals surface area contributed by atoms with E-state index in [0.29, 0.717) is 6.04 Å². The number of benzene rings is 1. The van der Waals surface area contributed by atoms with Gasteiger partial charge < -0.3 is 5.32 Å². The molecule has 1 aliphatic heterocycles. The molecule has 0 aromatic heterocycles. The highest BCUT2D eigenvalue weighted by Crippen LogP contribution is 2.31. The van der Waals surface area contributed by atoms with E-state index in [4.69, 9.17) is 11.6 Å². The number of aryl methyl sites for hydroxylation is 1. The van der Waals surface area contributed by atoms with E-state index in [0.717, 1.165) is 11.6 Å². The van der Waals surface area contributed by atoms with Crippen molar-refractivity contribution in [2.75, 3.05) is 6.54 Å². The second kappa shape index (κ2) is 3.08. The van der Waals surface area contributed by atoms with Crippen LogP contribution in [-0.2, 0) is 0 Å². The van der Waals surface area contributed by atoms with Crippen LogP contribution < -0.4 is 5.32 Å². The molecule has 0 saturated carbocycles. The van der Waals surface area contributed by atoms with Crippen molar-refractivity contribution < 1.29 is 0 Å². The number of hydrogen-bond acceptors (Lipinski definition) is 1. The van der Waals surface area contributed by atoms with E-state index in [9.17, 15) is 0 Å². The Morgan fingerprint density at radius 3 is 2.75 bits per heavy atom. The maximum absolute atomic E-state index is 6.10. The molecule has 1 nitrogen and oxygen atoms in total. The van der Waals surface area contributed by atoms with Crippen molar-refractivity contribution in [3.05, 3.63) is 34.3 Å². The zero-order valence-corrected chi connectivity index (χ0v) is 7.86. The molecule has 0 spiro atoms. The highest BCUT2D eigenvalue weighted by atomic mass is 35.5. The summed E-state index contributed by atoms with van der Waals surface area (Å²) in [5.74, 6) is 0. The highest BCUT2D eigenvalue weighted by molar-refractivity contribution is 6.31. The lowest BCUT2D eigenvalue weighted by Crippen LogP contribution is -2.35. The summed E-state index contributed by atoms with van der Waals surface area (Å²) in [4.78, 5) is 0. The quantitative estimate of drug-likeness (QED) is 0.703. The van der Waals surface area contributed by atoms with Crippen LogP contribution in [0.3, 0.4) is 0 Å². The van der Waals surface area contributed by atoms with Crippen LogP contribution in [0.5, 0.6) is 0 Å². The van der Waals surface area contributed by atoms with Gasteiger partial charge in [0, 0.05) is 11.1 Å². The first-order chi connectivity index (χ1) is 5.79. The van der Waals surface area contributed by atoms with Crippen LogP contribution in [0.15, 0.2) is 18.2 Å². The summed E-state index contributed by atoms with van der Waals surface area (Å²) in [5, 5.41) is 4.25. The van der Waals surface area contributed by atoms with E-state index >= 15 is 0 Å². The monoisotopic (exact) mass is 181 g/mol. The van der Waals surface area contributed by atoms with E-state index in [1.165, 1.54) is 17.5 Å². The Morgan fingerprint density at radius 2 is 2.25 bits per heavy atom. The molecule has 1 aromatic carbocycles. The van der Waals surface area contributed by atoms with E-state index in [-0.39, 0.29) is 0 Å². The molecule has 0 radical (unpaired) electrons. The zero-order valence-electron chi connectivity index (χ0n) is 7.10. The molecule has 1 aromatic rings. The fraction of sp³-hybridized carbons (Fsp3) is 0.400. The number of nitrogens with one attached hydrogen (secondary N) is 1. The van der Waals surface area contributed by atoms with Crippen LogP contribution >= 0.6 is 11.6 Å². The van der Waals surface area contributed by atoms with E-state index < -0.39 is 0 Å². The van der Waals surface area contributed by atoms with Crippen molar-refractivity contribution in [1.82, 2.24) is 5.32 Å². The lowest BCUT2D eigenvalue weighted by molar-refractivity contribution is 0.382. The van der Waals surface area contributed by atoms with Gasteiger partial charge in [0.1, 0.15) is 0 Å². The van der Waals surface area contributed by atoms with Crippen LogP contribution in [0.2, 0.25) is 5.02 Å². The van der Waals surface area contributed by atoms with Crippen LogP contribution in [0.25, 0.3) is 0 Å². The molecule has 0 bridgehead atoms. The molecule has 0 amide bonds. The van der Waals surface area contributed by atoms with Crippen LogP contribution in [-0.4, -0.2) is 6.54 Å². The Bertz CT molecular complexity index is 272. The first kappa shape index (κ1) is 8.09. The first-order valence-corrected chi connectivity index (χ1v) is 4.65. The Balaban J connectivity index is 2.39. The lowest BCUT2D eigenvalue weighted by atomic mass is 9.94. The molecule has 1 heterocycles. The fourth-order valence-corrected chi connectivity index (χ4v) is 1.97. The van der Waals surface area contributed by atoms with Gasteiger partial charge in [0.05, 0.1) is 0 Å².